The fourth-order valence-corrected chi connectivity index (χ4v) is 2.96. The zero-order valence-electron chi connectivity index (χ0n) is 12.3. The van der Waals surface area contributed by atoms with Crippen molar-refractivity contribution < 1.29 is 9.90 Å². The molecular formula is C16H24N2O2. The van der Waals surface area contributed by atoms with Crippen LogP contribution in [0, 0.1) is 0 Å². The Hall–Kier alpha value is -1.39. The van der Waals surface area contributed by atoms with Crippen LogP contribution in [-0.2, 0) is 10.3 Å². The molecule has 1 unspecified atom stereocenters. The molecule has 0 amide bonds. The molecule has 4 nitrogen and oxygen atoms in total. The summed E-state index contributed by atoms with van der Waals surface area (Å²) < 4.78 is 0. The van der Waals surface area contributed by atoms with Crippen molar-refractivity contribution in [2.75, 3.05) is 19.6 Å². The lowest BCUT2D eigenvalue weighted by Gasteiger charge is -2.36. The number of hydrogen-bond acceptors (Lipinski definition) is 3. The van der Waals surface area contributed by atoms with Gasteiger partial charge < -0.3 is 10.0 Å². The van der Waals surface area contributed by atoms with E-state index in [1.807, 2.05) is 44.2 Å². The monoisotopic (exact) mass is 276 g/mol. The van der Waals surface area contributed by atoms with Gasteiger partial charge in [-0.15, -0.1) is 0 Å². The molecule has 1 aliphatic heterocycles. The largest absolute Gasteiger partial charge is 0.480 e. The van der Waals surface area contributed by atoms with Crippen LogP contribution in [0.4, 0.5) is 0 Å². The van der Waals surface area contributed by atoms with Crippen molar-refractivity contribution in [2.45, 2.75) is 38.3 Å². The van der Waals surface area contributed by atoms with Crippen molar-refractivity contribution in [2.24, 2.45) is 0 Å². The third kappa shape index (κ3) is 3.19. The minimum absolute atomic E-state index is 0.105. The summed E-state index contributed by atoms with van der Waals surface area (Å²) in [7, 11) is 0. The molecule has 2 N–H and O–H groups in total. The molecule has 1 atom stereocenters. The standard InChI is InChI=1S/C16H24N2O2/c1-13(2)17-16(15(19)20,12-18-10-6-7-11-18)14-8-4-3-5-9-14/h3-5,8-9,13,17H,6-7,10-12H2,1-2H3,(H,19,20). The molecule has 4 heteroatoms. The second-order valence-electron chi connectivity index (χ2n) is 5.86. The van der Waals surface area contributed by atoms with Gasteiger partial charge in [0.15, 0.2) is 5.54 Å². The third-order valence-electron chi connectivity index (χ3n) is 3.83. The van der Waals surface area contributed by atoms with Gasteiger partial charge in [0.2, 0.25) is 0 Å². The zero-order chi connectivity index (χ0) is 14.6. The van der Waals surface area contributed by atoms with Gasteiger partial charge in [0, 0.05) is 12.6 Å². The number of likely N-dealkylation sites (tertiary alicyclic amines) is 1. The van der Waals surface area contributed by atoms with Gasteiger partial charge in [0.05, 0.1) is 0 Å². The highest BCUT2D eigenvalue weighted by Crippen LogP contribution is 2.26. The van der Waals surface area contributed by atoms with Crippen molar-refractivity contribution in [1.82, 2.24) is 10.2 Å². The summed E-state index contributed by atoms with van der Waals surface area (Å²) in [5.74, 6) is -0.802. The van der Waals surface area contributed by atoms with Crippen molar-refractivity contribution in [3.8, 4) is 0 Å². The van der Waals surface area contributed by atoms with E-state index in [2.05, 4.69) is 10.2 Å². The van der Waals surface area contributed by atoms with Crippen LogP contribution < -0.4 is 5.32 Å². The Labute approximate surface area is 120 Å². The molecule has 1 aromatic rings. The van der Waals surface area contributed by atoms with Crippen molar-refractivity contribution in [3.05, 3.63) is 35.9 Å². The molecule has 0 saturated carbocycles. The van der Waals surface area contributed by atoms with Crippen molar-refractivity contribution in [3.63, 3.8) is 0 Å². The number of benzene rings is 1. The number of rotatable bonds is 6. The Morgan fingerprint density at radius 1 is 1.30 bits per heavy atom. The number of carbonyl (C=O) groups is 1. The van der Waals surface area contributed by atoms with Gasteiger partial charge in [-0.05, 0) is 45.3 Å². The average Bonchev–Trinajstić information content (AvgIpc) is 2.91. The Morgan fingerprint density at radius 3 is 2.40 bits per heavy atom. The Bertz CT molecular complexity index is 441. The fraction of sp³-hybridized carbons (Fsp3) is 0.562. The van der Waals surface area contributed by atoms with E-state index in [0.29, 0.717) is 6.54 Å². The molecule has 1 aromatic carbocycles. The maximum atomic E-state index is 12.1. The topological polar surface area (TPSA) is 52.6 Å². The van der Waals surface area contributed by atoms with E-state index in [4.69, 9.17) is 0 Å². The maximum Gasteiger partial charge on any atom is 0.329 e. The van der Waals surface area contributed by atoms with Crippen LogP contribution in [0.25, 0.3) is 0 Å². The second-order valence-corrected chi connectivity index (χ2v) is 5.86. The van der Waals surface area contributed by atoms with Crippen molar-refractivity contribution >= 4 is 5.97 Å². The summed E-state index contributed by atoms with van der Waals surface area (Å²) in [5, 5.41) is 13.2. The van der Waals surface area contributed by atoms with Gasteiger partial charge in [-0.1, -0.05) is 30.3 Å². The number of carboxylic acids is 1. The molecule has 0 aromatic heterocycles. The molecule has 110 valence electrons. The molecule has 1 saturated heterocycles. The van der Waals surface area contributed by atoms with Crippen LogP contribution in [0.1, 0.15) is 32.3 Å². The normalized spacial score (nSPS) is 19.1. The number of aliphatic carboxylic acids is 1. The molecule has 1 aliphatic rings. The number of nitrogens with one attached hydrogen (secondary N) is 1. The molecule has 1 heterocycles. The molecule has 0 spiro atoms. The van der Waals surface area contributed by atoms with Gasteiger partial charge in [-0.2, -0.15) is 0 Å². The van der Waals surface area contributed by atoms with Crippen LogP contribution in [0.15, 0.2) is 30.3 Å². The summed E-state index contributed by atoms with van der Waals surface area (Å²) in [4.78, 5) is 14.3. The van der Waals surface area contributed by atoms with Gasteiger partial charge in [0.1, 0.15) is 0 Å². The lowest BCUT2D eigenvalue weighted by atomic mass is 9.88. The third-order valence-corrected chi connectivity index (χ3v) is 3.83. The molecule has 2 rings (SSSR count). The van der Waals surface area contributed by atoms with E-state index in [0.717, 1.165) is 31.5 Å². The SMILES string of the molecule is CC(C)NC(CN1CCCC1)(C(=O)O)c1ccccc1. The van der Waals surface area contributed by atoms with Crippen LogP contribution in [-0.4, -0.2) is 41.7 Å². The average molecular weight is 276 g/mol. The number of carboxylic acid groups (broad SMARTS) is 1. The molecular weight excluding hydrogens is 252 g/mol. The Balaban J connectivity index is 2.35. The molecule has 0 aliphatic carbocycles. The first-order valence-corrected chi connectivity index (χ1v) is 7.33. The second kappa shape index (κ2) is 6.37. The van der Waals surface area contributed by atoms with Crippen molar-refractivity contribution in [1.29, 1.82) is 0 Å². The van der Waals surface area contributed by atoms with E-state index < -0.39 is 11.5 Å². The van der Waals surface area contributed by atoms with Gasteiger partial charge in [-0.3, -0.25) is 5.32 Å². The van der Waals surface area contributed by atoms with E-state index in [1.165, 1.54) is 0 Å². The first kappa shape index (κ1) is 15.0. The molecule has 1 fully saturated rings. The Morgan fingerprint density at radius 2 is 1.90 bits per heavy atom. The van der Waals surface area contributed by atoms with Crippen LogP contribution in [0.3, 0.4) is 0 Å². The smallest absolute Gasteiger partial charge is 0.329 e. The molecule has 0 radical (unpaired) electrons. The van der Waals surface area contributed by atoms with E-state index in [-0.39, 0.29) is 6.04 Å². The highest BCUT2D eigenvalue weighted by atomic mass is 16.4. The summed E-state index contributed by atoms with van der Waals surface area (Å²) in [6.45, 7) is 6.48. The summed E-state index contributed by atoms with van der Waals surface area (Å²) in [6, 6.07) is 9.63. The van der Waals surface area contributed by atoms with Gasteiger partial charge in [0.25, 0.3) is 0 Å². The summed E-state index contributed by atoms with van der Waals surface area (Å²) >= 11 is 0. The first-order valence-electron chi connectivity index (χ1n) is 7.33. The quantitative estimate of drug-likeness (QED) is 0.835. The minimum atomic E-state index is -1.03. The maximum absolute atomic E-state index is 12.1. The van der Waals surface area contributed by atoms with Crippen LogP contribution in [0.2, 0.25) is 0 Å². The fourth-order valence-electron chi connectivity index (χ4n) is 2.96. The summed E-state index contributed by atoms with van der Waals surface area (Å²) in [6.07, 6.45) is 2.32. The van der Waals surface area contributed by atoms with E-state index in [1.54, 1.807) is 0 Å². The predicted molar refractivity (Wildman–Crippen MR) is 79.7 cm³/mol. The van der Waals surface area contributed by atoms with E-state index in [9.17, 15) is 9.90 Å². The Kier molecular flexibility index (Phi) is 4.78. The minimum Gasteiger partial charge on any atom is -0.480 e. The summed E-state index contributed by atoms with van der Waals surface area (Å²) in [5.41, 5.74) is -0.201. The van der Waals surface area contributed by atoms with Crippen LogP contribution >= 0.6 is 0 Å². The lowest BCUT2D eigenvalue weighted by Crippen LogP contribution is -2.58. The van der Waals surface area contributed by atoms with Crippen LogP contribution in [0.5, 0.6) is 0 Å². The first-order chi connectivity index (χ1) is 9.54. The molecule has 20 heavy (non-hydrogen) atoms. The molecule has 0 bridgehead atoms. The predicted octanol–water partition coefficient (Wildman–Crippen LogP) is 2.06. The number of nitrogens with zero attached hydrogens (tertiary/aromatic N) is 1. The lowest BCUT2D eigenvalue weighted by molar-refractivity contribution is -0.146. The van der Waals surface area contributed by atoms with E-state index >= 15 is 0 Å². The highest BCUT2D eigenvalue weighted by molar-refractivity contribution is 5.81. The van der Waals surface area contributed by atoms with Gasteiger partial charge in [-0.25, -0.2) is 4.79 Å². The highest BCUT2D eigenvalue weighted by Gasteiger charge is 2.42. The van der Waals surface area contributed by atoms with Gasteiger partial charge >= 0.3 is 5.97 Å². The zero-order valence-corrected chi connectivity index (χ0v) is 12.3. The number of hydrogen-bond donors (Lipinski definition) is 2.